The first-order chi connectivity index (χ1) is 14.2. The SMILES string of the molecule is Cc1cc(C)c(CN2CCN(C3CCCCC3)[C@H](CCO)C2)c(-n2cccn2)c1. The van der Waals surface area contributed by atoms with E-state index in [4.69, 9.17) is 0 Å². The van der Waals surface area contributed by atoms with E-state index in [0.717, 1.165) is 38.6 Å². The summed E-state index contributed by atoms with van der Waals surface area (Å²) in [6.45, 7) is 8.87. The molecule has 0 radical (unpaired) electrons. The molecule has 5 nitrogen and oxygen atoms in total. The number of aliphatic hydroxyl groups excluding tert-OH is 1. The van der Waals surface area contributed by atoms with Crippen molar-refractivity contribution in [3.8, 4) is 5.69 Å². The molecule has 1 saturated carbocycles. The van der Waals surface area contributed by atoms with Gasteiger partial charge < -0.3 is 5.11 Å². The van der Waals surface area contributed by atoms with E-state index in [-0.39, 0.29) is 6.61 Å². The van der Waals surface area contributed by atoms with Crippen LogP contribution in [0.5, 0.6) is 0 Å². The first-order valence-corrected chi connectivity index (χ1v) is 11.3. The molecular weight excluding hydrogens is 360 g/mol. The number of hydrogen-bond donors (Lipinski definition) is 1. The van der Waals surface area contributed by atoms with Crippen LogP contribution in [0.4, 0.5) is 0 Å². The lowest BCUT2D eigenvalue weighted by Crippen LogP contribution is -2.56. The highest BCUT2D eigenvalue weighted by molar-refractivity contribution is 5.48. The van der Waals surface area contributed by atoms with Crippen LogP contribution in [0.2, 0.25) is 0 Å². The Balaban J connectivity index is 1.52. The molecule has 5 heteroatoms. The van der Waals surface area contributed by atoms with Crippen molar-refractivity contribution in [2.75, 3.05) is 26.2 Å². The molecule has 2 fully saturated rings. The Morgan fingerprint density at radius 1 is 1.10 bits per heavy atom. The standard InChI is InChI=1S/C24H36N4O/c1-19-15-20(2)23(24(16-19)28-11-6-10-25-28)18-26-12-13-27(22(17-26)9-14-29)21-7-4-3-5-8-21/h6,10-11,15-16,21-22,29H,3-5,7-9,12-14,17-18H2,1-2H3/t22-/m1/s1. The Labute approximate surface area is 175 Å². The Bertz CT molecular complexity index is 782. The molecule has 1 saturated heterocycles. The van der Waals surface area contributed by atoms with Crippen LogP contribution in [-0.4, -0.2) is 63.0 Å². The van der Waals surface area contributed by atoms with E-state index >= 15 is 0 Å². The number of rotatable bonds is 6. The van der Waals surface area contributed by atoms with Gasteiger partial charge in [-0.1, -0.05) is 25.3 Å². The fourth-order valence-electron chi connectivity index (χ4n) is 5.40. The minimum atomic E-state index is 0.282. The highest BCUT2D eigenvalue weighted by Gasteiger charge is 2.32. The molecule has 158 valence electrons. The molecule has 29 heavy (non-hydrogen) atoms. The molecule has 0 bridgehead atoms. The monoisotopic (exact) mass is 396 g/mol. The summed E-state index contributed by atoms with van der Waals surface area (Å²) < 4.78 is 2.00. The number of nitrogens with zero attached hydrogens (tertiary/aromatic N) is 4. The van der Waals surface area contributed by atoms with Crippen LogP contribution in [-0.2, 0) is 6.54 Å². The number of aryl methyl sites for hydroxylation is 2. The minimum absolute atomic E-state index is 0.282. The highest BCUT2D eigenvalue weighted by Crippen LogP contribution is 2.29. The predicted molar refractivity (Wildman–Crippen MR) is 117 cm³/mol. The van der Waals surface area contributed by atoms with Crippen molar-refractivity contribution in [1.82, 2.24) is 19.6 Å². The fourth-order valence-corrected chi connectivity index (χ4v) is 5.40. The zero-order valence-corrected chi connectivity index (χ0v) is 18.1. The van der Waals surface area contributed by atoms with Crippen LogP contribution < -0.4 is 0 Å². The average molecular weight is 397 g/mol. The third kappa shape index (κ3) is 4.73. The van der Waals surface area contributed by atoms with Crippen molar-refractivity contribution >= 4 is 0 Å². The van der Waals surface area contributed by atoms with Crippen molar-refractivity contribution in [2.45, 2.75) is 71.0 Å². The molecule has 1 aromatic carbocycles. The summed E-state index contributed by atoms with van der Waals surface area (Å²) >= 11 is 0. The molecule has 2 aliphatic rings. The van der Waals surface area contributed by atoms with Gasteiger partial charge in [-0.15, -0.1) is 0 Å². The van der Waals surface area contributed by atoms with Crippen molar-refractivity contribution in [3.05, 3.63) is 47.3 Å². The van der Waals surface area contributed by atoms with E-state index in [1.54, 1.807) is 0 Å². The second-order valence-electron chi connectivity index (χ2n) is 8.96. The van der Waals surface area contributed by atoms with Crippen LogP contribution in [0.25, 0.3) is 5.69 Å². The lowest BCUT2D eigenvalue weighted by Gasteiger charge is -2.46. The van der Waals surface area contributed by atoms with Crippen LogP contribution in [0.3, 0.4) is 0 Å². The largest absolute Gasteiger partial charge is 0.396 e. The lowest BCUT2D eigenvalue weighted by atomic mass is 9.91. The van der Waals surface area contributed by atoms with E-state index in [2.05, 4.69) is 40.9 Å². The van der Waals surface area contributed by atoms with Gasteiger partial charge in [-0.25, -0.2) is 4.68 Å². The third-order valence-corrected chi connectivity index (χ3v) is 6.85. The summed E-state index contributed by atoms with van der Waals surface area (Å²) in [6.07, 6.45) is 11.6. The summed E-state index contributed by atoms with van der Waals surface area (Å²) in [6, 6.07) is 7.71. The average Bonchev–Trinajstić information content (AvgIpc) is 3.26. The van der Waals surface area contributed by atoms with Crippen LogP contribution in [0.15, 0.2) is 30.6 Å². The van der Waals surface area contributed by atoms with Gasteiger partial charge in [0.15, 0.2) is 0 Å². The second-order valence-corrected chi connectivity index (χ2v) is 8.96. The zero-order chi connectivity index (χ0) is 20.2. The van der Waals surface area contributed by atoms with Crippen molar-refractivity contribution in [1.29, 1.82) is 0 Å². The molecule has 4 rings (SSSR count). The Hall–Kier alpha value is -1.69. The van der Waals surface area contributed by atoms with Gasteiger partial charge in [0.1, 0.15) is 0 Å². The van der Waals surface area contributed by atoms with Crippen LogP contribution in [0, 0.1) is 13.8 Å². The first-order valence-electron chi connectivity index (χ1n) is 11.3. The van der Waals surface area contributed by atoms with E-state index in [0.29, 0.717) is 6.04 Å². The first kappa shape index (κ1) is 20.6. The molecule has 1 aliphatic carbocycles. The van der Waals surface area contributed by atoms with E-state index in [1.165, 1.54) is 54.5 Å². The lowest BCUT2D eigenvalue weighted by molar-refractivity contribution is 0.0136. The van der Waals surface area contributed by atoms with Gasteiger partial charge in [0.2, 0.25) is 0 Å². The molecule has 2 heterocycles. The fraction of sp³-hybridized carbons (Fsp3) is 0.625. The van der Waals surface area contributed by atoms with E-state index in [1.807, 2.05) is 23.1 Å². The van der Waals surface area contributed by atoms with Crippen LogP contribution in [0.1, 0.15) is 55.2 Å². The quantitative estimate of drug-likeness (QED) is 0.809. The molecule has 2 aromatic rings. The summed E-state index contributed by atoms with van der Waals surface area (Å²) in [5, 5.41) is 14.2. The van der Waals surface area contributed by atoms with Crippen molar-refractivity contribution in [2.24, 2.45) is 0 Å². The minimum Gasteiger partial charge on any atom is -0.396 e. The highest BCUT2D eigenvalue weighted by atomic mass is 16.3. The molecule has 0 unspecified atom stereocenters. The maximum atomic E-state index is 9.70. The van der Waals surface area contributed by atoms with Gasteiger partial charge in [-0.3, -0.25) is 9.80 Å². The summed E-state index contributed by atoms with van der Waals surface area (Å²) in [5.41, 5.74) is 5.18. The topological polar surface area (TPSA) is 44.5 Å². The summed E-state index contributed by atoms with van der Waals surface area (Å²) in [7, 11) is 0. The Morgan fingerprint density at radius 2 is 1.93 bits per heavy atom. The number of hydrogen-bond acceptors (Lipinski definition) is 4. The Morgan fingerprint density at radius 3 is 2.66 bits per heavy atom. The maximum Gasteiger partial charge on any atom is 0.0695 e. The van der Waals surface area contributed by atoms with Gasteiger partial charge in [0.05, 0.1) is 5.69 Å². The van der Waals surface area contributed by atoms with Crippen LogP contribution >= 0.6 is 0 Å². The summed E-state index contributed by atoms with van der Waals surface area (Å²) in [4.78, 5) is 5.31. The second kappa shape index (κ2) is 9.41. The number of benzene rings is 1. The van der Waals surface area contributed by atoms with Crippen molar-refractivity contribution < 1.29 is 5.11 Å². The maximum absolute atomic E-state index is 9.70. The number of piperazine rings is 1. The number of aliphatic hydroxyl groups is 1. The smallest absolute Gasteiger partial charge is 0.0695 e. The normalized spacial score (nSPS) is 22.2. The Kier molecular flexibility index (Phi) is 6.68. The third-order valence-electron chi connectivity index (χ3n) is 6.85. The van der Waals surface area contributed by atoms with E-state index in [9.17, 15) is 5.11 Å². The molecular formula is C24H36N4O. The molecule has 1 aromatic heterocycles. The molecule has 1 atom stereocenters. The number of aromatic nitrogens is 2. The van der Waals surface area contributed by atoms with E-state index < -0.39 is 0 Å². The zero-order valence-electron chi connectivity index (χ0n) is 18.1. The van der Waals surface area contributed by atoms with Gasteiger partial charge in [-0.2, -0.15) is 5.10 Å². The molecule has 1 N–H and O–H groups in total. The molecule has 0 amide bonds. The van der Waals surface area contributed by atoms with Gasteiger partial charge >= 0.3 is 0 Å². The predicted octanol–water partition coefficient (Wildman–Crippen LogP) is 3.69. The summed E-state index contributed by atoms with van der Waals surface area (Å²) in [5.74, 6) is 0. The molecule has 1 aliphatic heterocycles. The van der Waals surface area contributed by atoms with Gasteiger partial charge in [0.25, 0.3) is 0 Å². The van der Waals surface area contributed by atoms with Gasteiger partial charge in [0, 0.05) is 57.3 Å². The van der Waals surface area contributed by atoms with Gasteiger partial charge in [-0.05, 0) is 61.9 Å². The van der Waals surface area contributed by atoms with Crippen molar-refractivity contribution in [3.63, 3.8) is 0 Å². The molecule has 0 spiro atoms.